The Bertz CT molecular complexity index is 533. The average molecular weight is 314 g/mol. The third kappa shape index (κ3) is 4.14. The monoisotopic (exact) mass is 314 g/mol. The molecule has 0 aromatic heterocycles. The number of unbranched alkanes of at least 4 members (excludes halogenated alkanes) is 1. The average Bonchev–Trinajstić information content (AvgIpc) is 3.41. The van der Waals surface area contributed by atoms with Gasteiger partial charge in [-0.3, -0.25) is 4.99 Å². The van der Waals surface area contributed by atoms with E-state index in [0.29, 0.717) is 5.92 Å². The highest BCUT2D eigenvalue weighted by Crippen LogP contribution is 2.44. The molecule has 1 atom stereocenters. The molecule has 0 spiro atoms. The zero-order valence-corrected chi connectivity index (χ0v) is 14.4. The van der Waals surface area contributed by atoms with Crippen molar-refractivity contribution in [2.45, 2.75) is 70.4 Å². The van der Waals surface area contributed by atoms with Gasteiger partial charge in [-0.15, -0.1) is 0 Å². The fraction of sp³-hybridized carbons (Fsp3) is 0.650. The minimum absolute atomic E-state index is 0.315. The minimum atomic E-state index is -0.938. The predicted molar refractivity (Wildman–Crippen MR) is 95.6 cm³/mol. The van der Waals surface area contributed by atoms with Gasteiger partial charge in [0, 0.05) is 24.4 Å². The zero-order chi connectivity index (χ0) is 16.1. The van der Waals surface area contributed by atoms with Gasteiger partial charge in [-0.2, -0.15) is 0 Å². The Hall–Kier alpha value is -1.35. The van der Waals surface area contributed by atoms with Gasteiger partial charge in [-0.05, 0) is 44.1 Å². The van der Waals surface area contributed by atoms with Crippen LogP contribution in [-0.4, -0.2) is 17.5 Å². The van der Waals surface area contributed by atoms with E-state index in [1.807, 2.05) is 0 Å². The van der Waals surface area contributed by atoms with Crippen LogP contribution in [-0.2, 0) is 12.1 Å². The third-order valence-corrected chi connectivity index (χ3v) is 5.09. The second-order valence-corrected chi connectivity index (χ2v) is 7.11. The lowest BCUT2D eigenvalue weighted by atomic mass is 9.95. The lowest BCUT2D eigenvalue weighted by Gasteiger charge is -2.32. The molecule has 2 aliphatic rings. The Morgan fingerprint density at radius 1 is 1.17 bits per heavy atom. The Labute approximate surface area is 140 Å². The lowest BCUT2D eigenvalue weighted by Crippen LogP contribution is -2.47. The van der Waals surface area contributed by atoms with E-state index in [4.69, 9.17) is 0 Å². The topological polar surface area (TPSA) is 44.6 Å². The van der Waals surface area contributed by atoms with Crippen LogP contribution >= 0.6 is 0 Å². The van der Waals surface area contributed by atoms with Crippen molar-refractivity contribution < 1.29 is 5.11 Å². The third-order valence-electron chi connectivity index (χ3n) is 5.09. The molecule has 0 saturated heterocycles. The van der Waals surface area contributed by atoms with Gasteiger partial charge in [0.1, 0.15) is 0 Å². The summed E-state index contributed by atoms with van der Waals surface area (Å²) >= 11 is 0. The molecule has 3 nitrogen and oxygen atoms in total. The number of aryl methyl sites for hydroxylation is 1. The van der Waals surface area contributed by atoms with Gasteiger partial charge in [0.2, 0.25) is 0 Å². The van der Waals surface area contributed by atoms with Crippen molar-refractivity contribution in [3.8, 4) is 0 Å². The smallest absolute Gasteiger partial charge is 0.165 e. The number of nitrogens with one attached hydrogen (secondary N) is 1. The fourth-order valence-corrected chi connectivity index (χ4v) is 3.41. The van der Waals surface area contributed by atoms with Crippen LogP contribution in [0.25, 0.3) is 0 Å². The van der Waals surface area contributed by atoms with Gasteiger partial charge >= 0.3 is 0 Å². The summed E-state index contributed by atoms with van der Waals surface area (Å²) in [4.78, 5) is 4.65. The fourth-order valence-electron chi connectivity index (χ4n) is 3.41. The van der Waals surface area contributed by atoms with Crippen LogP contribution in [0.2, 0.25) is 0 Å². The molecule has 1 aromatic carbocycles. The highest BCUT2D eigenvalue weighted by molar-refractivity contribution is 5.83. The van der Waals surface area contributed by atoms with E-state index in [0.717, 1.165) is 43.6 Å². The summed E-state index contributed by atoms with van der Waals surface area (Å²) in [6.07, 6.45) is 10.3. The Balaban J connectivity index is 1.75. The largest absolute Gasteiger partial charge is 0.367 e. The van der Waals surface area contributed by atoms with Crippen LogP contribution in [0.3, 0.4) is 0 Å². The van der Waals surface area contributed by atoms with E-state index in [-0.39, 0.29) is 0 Å². The summed E-state index contributed by atoms with van der Waals surface area (Å²) in [6, 6.07) is 8.56. The highest BCUT2D eigenvalue weighted by Gasteiger charge is 2.45. The maximum atomic E-state index is 11.3. The van der Waals surface area contributed by atoms with E-state index >= 15 is 0 Å². The second kappa shape index (κ2) is 7.48. The van der Waals surface area contributed by atoms with Gasteiger partial charge < -0.3 is 10.4 Å². The number of hydrogen-bond donors (Lipinski definition) is 2. The van der Waals surface area contributed by atoms with Gasteiger partial charge in [-0.25, -0.2) is 0 Å². The normalized spacial score (nSPS) is 21.2. The van der Waals surface area contributed by atoms with Crippen molar-refractivity contribution in [1.29, 1.82) is 0 Å². The van der Waals surface area contributed by atoms with Crippen LogP contribution in [0.1, 0.15) is 69.4 Å². The Morgan fingerprint density at radius 2 is 1.96 bits per heavy atom. The molecule has 1 aliphatic carbocycles. The van der Waals surface area contributed by atoms with Gasteiger partial charge in [-0.1, -0.05) is 44.0 Å². The number of rotatable bonds is 6. The lowest BCUT2D eigenvalue weighted by molar-refractivity contribution is -0.00358. The van der Waals surface area contributed by atoms with Gasteiger partial charge in [0.05, 0.1) is 5.84 Å². The number of aliphatic hydroxyl groups is 1. The number of nitrogens with zero attached hydrogens (tertiary/aromatic N) is 1. The molecule has 3 rings (SSSR count). The predicted octanol–water partition coefficient (Wildman–Crippen LogP) is 4.15. The molecule has 1 aromatic rings. The molecule has 0 amide bonds. The summed E-state index contributed by atoms with van der Waals surface area (Å²) in [5.41, 5.74) is 1.42. The van der Waals surface area contributed by atoms with E-state index in [1.165, 1.54) is 37.7 Å². The van der Waals surface area contributed by atoms with Gasteiger partial charge in [0.25, 0.3) is 0 Å². The van der Waals surface area contributed by atoms with Crippen molar-refractivity contribution >= 4 is 5.84 Å². The first kappa shape index (κ1) is 16.5. The van der Waals surface area contributed by atoms with Crippen molar-refractivity contribution in [1.82, 2.24) is 5.32 Å². The Morgan fingerprint density at radius 3 is 2.65 bits per heavy atom. The van der Waals surface area contributed by atoms with Crippen LogP contribution in [0.4, 0.5) is 0 Å². The quantitative estimate of drug-likeness (QED) is 0.775. The molecule has 2 N–H and O–H groups in total. The van der Waals surface area contributed by atoms with Crippen molar-refractivity contribution in [2.24, 2.45) is 10.9 Å². The molecule has 1 unspecified atom stereocenters. The molecular weight excluding hydrogens is 284 g/mol. The molecule has 1 aliphatic heterocycles. The first-order valence-corrected chi connectivity index (χ1v) is 9.35. The molecule has 1 heterocycles. The first-order valence-electron chi connectivity index (χ1n) is 9.35. The van der Waals surface area contributed by atoms with E-state index in [9.17, 15) is 5.11 Å². The van der Waals surface area contributed by atoms with E-state index < -0.39 is 5.72 Å². The highest BCUT2D eigenvalue weighted by atomic mass is 16.3. The summed E-state index contributed by atoms with van der Waals surface area (Å²) in [7, 11) is 0. The minimum Gasteiger partial charge on any atom is -0.367 e. The number of benzene rings is 1. The van der Waals surface area contributed by atoms with Crippen LogP contribution in [0.5, 0.6) is 0 Å². The van der Waals surface area contributed by atoms with Crippen molar-refractivity contribution in [3.63, 3.8) is 0 Å². The number of hydrogen-bond acceptors (Lipinski definition) is 3. The van der Waals surface area contributed by atoms with Crippen LogP contribution < -0.4 is 5.32 Å². The molecule has 0 radical (unpaired) electrons. The second-order valence-electron chi connectivity index (χ2n) is 7.11. The zero-order valence-electron chi connectivity index (χ0n) is 14.4. The number of amidine groups is 1. The van der Waals surface area contributed by atoms with E-state index in [1.54, 1.807) is 0 Å². The summed E-state index contributed by atoms with van der Waals surface area (Å²) in [5.74, 6) is 1.31. The molecule has 1 saturated carbocycles. The molecular formula is C20H30N2O. The maximum absolute atomic E-state index is 11.3. The maximum Gasteiger partial charge on any atom is 0.165 e. The summed E-state index contributed by atoms with van der Waals surface area (Å²) in [6.45, 7) is 3.11. The standard InChI is InChI=1S/C20H30N2O/c1-2-3-7-16-9-11-17(12-10-16)20(23,18-13-14-18)22-19-8-5-4-6-15-21-19/h9-12,18,23H,2-8,13-15H2,1H3,(H,21,22). The molecule has 3 heteroatoms. The molecule has 126 valence electrons. The molecule has 0 bridgehead atoms. The summed E-state index contributed by atoms with van der Waals surface area (Å²) < 4.78 is 0. The van der Waals surface area contributed by atoms with Gasteiger partial charge in [0.15, 0.2) is 5.72 Å². The Kier molecular flexibility index (Phi) is 5.37. The van der Waals surface area contributed by atoms with E-state index in [2.05, 4.69) is 41.5 Å². The summed E-state index contributed by atoms with van der Waals surface area (Å²) in [5, 5.41) is 14.8. The molecule has 1 fully saturated rings. The van der Waals surface area contributed by atoms with Crippen LogP contribution in [0.15, 0.2) is 29.3 Å². The van der Waals surface area contributed by atoms with Crippen molar-refractivity contribution in [3.05, 3.63) is 35.4 Å². The SMILES string of the molecule is CCCCc1ccc(C(O)(NC2=NCCCCC2)C2CC2)cc1. The number of aliphatic imine (C=N–C) groups is 1. The van der Waals surface area contributed by atoms with Crippen LogP contribution in [0, 0.1) is 5.92 Å². The molecule has 23 heavy (non-hydrogen) atoms. The first-order chi connectivity index (χ1) is 11.2. The van der Waals surface area contributed by atoms with Crippen molar-refractivity contribution in [2.75, 3.05) is 6.54 Å².